The number of rotatable bonds is 4. The van der Waals surface area contributed by atoms with E-state index >= 15 is 0 Å². The third-order valence-corrected chi connectivity index (χ3v) is 3.38. The average Bonchev–Trinajstić information content (AvgIpc) is 2.83. The quantitative estimate of drug-likeness (QED) is 0.781. The second-order valence-corrected chi connectivity index (χ2v) is 5.48. The van der Waals surface area contributed by atoms with Crippen molar-refractivity contribution in [2.45, 2.75) is 46.3 Å². The number of carbonyl (C=O) groups is 1. The van der Waals surface area contributed by atoms with E-state index in [1.807, 2.05) is 26.8 Å². The minimum Gasteiger partial charge on any atom is -0.356 e. The van der Waals surface area contributed by atoms with Gasteiger partial charge < -0.3 is 4.74 Å². The van der Waals surface area contributed by atoms with Crippen LogP contribution in [0.25, 0.3) is 5.57 Å². The predicted molar refractivity (Wildman–Crippen MR) is 74.9 cm³/mol. The monoisotopic (exact) mass is 262 g/mol. The minimum absolute atomic E-state index is 0.0444. The van der Waals surface area contributed by atoms with Crippen molar-refractivity contribution in [1.82, 2.24) is 9.78 Å². The Morgan fingerprint density at radius 1 is 1.53 bits per heavy atom. The molecule has 1 aromatic rings. The molecule has 2 heterocycles. The normalized spacial score (nSPS) is 19.7. The molecule has 1 fully saturated rings. The van der Waals surface area contributed by atoms with E-state index in [2.05, 4.69) is 11.7 Å². The molecule has 0 N–H and O–H groups in total. The van der Waals surface area contributed by atoms with Crippen LogP contribution >= 0.6 is 0 Å². The summed E-state index contributed by atoms with van der Waals surface area (Å²) in [6.45, 7) is 10.3. The van der Waals surface area contributed by atoms with E-state index in [-0.39, 0.29) is 17.9 Å². The first kappa shape index (κ1) is 14.0. The summed E-state index contributed by atoms with van der Waals surface area (Å²) in [6, 6.07) is 1.84. The molecule has 0 aliphatic carbocycles. The van der Waals surface area contributed by atoms with Crippen molar-refractivity contribution in [2.75, 3.05) is 6.61 Å². The molecule has 0 radical (unpaired) electrons. The molecule has 0 spiro atoms. The van der Waals surface area contributed by atoms with Crippen molar-refractivity contribution >= 4 is 11.4 Å². The van der Waals surface area contributed by atoms with Crippen molar-refractivity contribution < 1.29 is 9.53 Å². The summed E-state index contributed by atoms with van der Waals surface area (Å²) in [5, 5.41) is 4.51. The minimum atomic E-state index is -0.112. The molecule has 2 rings (SSSR count). The van der Waals surface area contributed by atoms with E-state index in [9.17, 15) is 4.79 Å². The molecule has 0 bridgehead atoms. The Kier molecular flexibility index (Phi) is 4.20. The second kappa shape index (κ2) is 5.70. The number of hydrogen-bond acceptors (Lipinski definition) is 3. The molecular weight excluding hydrogens is 240 g/mol. The lowest BCUT2D eigenvalue weighted by atomic mass is 10.1. The van der Waals surface area contributed by atoms with Gasteiger partial charge in [-0.1, -0.05) is 20.4 Å². The number of allylic oxidation sites excluding steroid dienone is 1. The molecule has 4 nitrogen and oxygen atoms in total. The maximum atomic E-state index is 12.3. The van der Waals surface area contributed by atoms with Crippen LogP contribution in [0.1, 0.15) is 62.4 Å². The highest BCUT2D eigenvalue weighted by Crippen LogP contribution is 2.26. The Hall–Kier alpha value is -1.42. The molecule has 19 heavy (non-hydrogen) atoms. The van der Waals surface area contributed by atoms with Gasteiger partial charge in [0, 0.05) is 12.5 Å². The Morgan fingerprint density at radius 3 is 2.79 bits per heavy atom. The molecule has 1 aliphatic rings. The van der Waals surface area contributed by atoms with Crippen LogP contribution in [-0.2, 0) is 4.74 Å². The fraction of sp³-hybridized carbons (Fsp3) is 0.600. The predicted octanol–water partition coefficient (Wildman–Crippen LogP) is 3.45. The van der Waals surface area contributed by atoms with E-state index < -0.39 is 0 Å². The molecule has 1 atom stereocenters. The Balaban J connectivity index is 2.38. The second-order valence-electron chi connectivity index (χ2n) is 5.48. The highest BCUT2D eigenvalue weighted by atomic mass is 16.5. The Bertz CT molecular complexity index is 482. The molecule has 0 saturated carbocycles. The van der Waals surface area contributed by atoms with Gasteiger partial charge in [-0.05, 0) is 37.8 Å². The SMILES string of the molecule is C=C(C)c1cc(C(=O)C(C)C)n(C2CCCCO2)n1. The number of Topliss-reactive ketones (excluding diaryl/α,β-unsaturated/α-hetero) is 1. The highest BCUT2D eigenvalue weighted by molar-refractivity contribution is 5.96. The molecule has 104 valence electrons. The van der Waals surface area contributed by atoms with Crippen LogP contribution in [0.3, 0.4) is 0 Å². The number of ether oxygens (including phenoxy) is 1. The summed E-state index contributed by atoms with van der Waals surface area (Å²) in [5.41, 5.74) is 2.28. The topological polar surface area (TPSA) is 44.1 Å². The first-order chi connectivity index (χ1) is 9.00. The van der Waals surface area contributed by atoms with E-state index in [0.717, 1.165) is 37.1 Å². The van der Waals surface area contributed by atoms with Gasteiger partial charge in [0.05, 0.1) is 5.69 Å². The van der Waals surface area contributed by atoms with Gasteiger partial charge in [-0.15, -0.1) is 0 Å². The third-order valence-electron chi connectivity index (χ3n) is 3.38. The van der Waals surface area contributed by atoms with Gasteiger partial charge in [0.15, 0.2) is 12.0 Å². The summed E-state index contributed by atoms with van der Waals surface area (Å²) < 4.78 is 7.50. The third kappa shape index (κ3) is 2.95. The van der Waals surface area contributed by atoms with Crippen LogP contribution in [0.2, 0.25) is 0 Å². The van der Waals surface area contributed by atoms with Crippen LogP contribution in [-0.4, -0.2) is 22.2 Å². The molecular formula is C15H22N2O2. The largest absolute Gasteiger partial charge is 0.356 e. The zero-order valence-electron chi connectivity index (χ0n) is 12.0. The van der Waals surface area contributed by atoms with Crippen LogP contribution in [0, 0.1) is 5.92 Å². The van der Waals surface area contributed by atoms with Gasteiger partial charge in [-0.3, -0.25) is 4.79 Å². The fourth-order valence-electron chi connectivity index (χ4n) is 2.22. The summed E-state index contributed by atoms with van der Waals surface area (Å²) in [5.74, 6) is 0.0613. The molecule has 0 aromatic carbocycles. The number of carbonyl (C=O) groups excluding carboxylic acids is 1. The first-order valence-electron chi connectivity index (χ1n) is 6.92. The van der Waals surface area contributed by atoms with Gasteiger partial charge in [0.2, 0.25) is 0 Å². The summed E-state index contributed by atoms with van der Waals surface area (Å²) in [6.07, 6.45) is 3.00. The number of ketones is 1. The highest BCUT2D eigenvalue weighted by Gasteiger charge is 2.25. The molecule has 1 saturated heterocycles. The Morgan fingerprint density at radius 2 is 2.26 bits per heavy atom. The lowest BCUT2D eigenvalue weighted by Gasteiger charge is -2.24. The smallest absolute Gasteiger partial charge is 0.183 e. The van der Waals surface area contributed by atoms with Gasteiger partial charge >= 0.3 is 0 Å². The van der Waals surface area contributed by atoms with Gasteiger partial charge in [0.25, 0.3) is 0 Å². The number of hydrogen-bond donors (Lipinski definition) is 0. The van der Waals surface area contributed by atoms with Gasteiger partial charge in [0.1, 0.15) is 5.69 Å². The van der Waals surface area contributed by atoms with Gasteiger partial charge in [-0.25, -0.2) is 4.68 Å². The van der Waals surface area contributed by atoms with E-state index in [4.69, 9.17) is 4.74 Å². The molecule has 4 heteroatoms. The average molecular weight is 262 g/mol. The summed E-state index contributed by atoms with van der Waals surface area (Å²) >= 11 is 0. The lowest BCUT2D eigenvalue weighted by molar-refractivity contribution is -0.0407. The maximum Gasteiger partial charge on any atom is 0.183 e. The van der Waals surface area contributed by atoms with Crippen molar-refractivity contribution in [1.29, 1.82) is 0 Å². The number of aromatic nitrogens is 2. The zero-order chi connectivity index (χ0) is 14.0. The van der Waals surface area contributed by atoms with Crippen molar-refractivity contribution in [3.05, 3.63) is 24.0 Å². The lowest BCUT2D eigenvalue weighted by Crippen LogP contribution is -2.24. The van der Waals surface area contributed by atoms with E-state index in [1.165, 1.54) is 0 Å². The van der Waals surface area contributed by atoms with Crippen LogP contribution in [0.15, 0.2) is 12.6 Å². The van der Waals surface area contributed by atoms with Crippen molar-refractivity contribution in [3.8, 4) is 0 Å². The van der Waals surface area contributed by atoms with Crippen LogP contribution < -0.4 is 0 Å². The zero-order valence-corrected chi connectivity index (χ0v) is 12.0. The first-order valence-corrected chi connectivity index (χ1v) is 6.92. The standard InChI is InChI=1S/C15H22N2O2/c1-10(2)12-9-13(15(18)11(3)4)17(16-12)14-7-5-6-8-19-14/h9,11,14H,1,5-8H2,2-4H3. The summed E-state index contributed by atoms with van der Waals surface area (Å²) in [7, 11) is 0. The molecule has 0 amide bonds. The Labute approximate surface area is 114 Å². The fourth-order valence-corrected chi connectivity index (χ4v) is 2.22. The van der Waals surface area contributed by atoms with Crippen molar-refractivity contribution in [2.24, 2.45) is 5.92 Å². The van der Waals surface area contributed by atoms with Gasteiger partial charge in [-0.2, -0.15) is 5.10 Å². The maximum absolute atomic E-state index is 12.3. The van der Waals surface area contributed by atoms with Crippen LogP contribution in [0.4, 0.5) is 0 Å². The van der Waals surface area contributed by atoms with E-state index in [0.29, 0.717) is 5.69 Å². The van der Waals surface area contributed by atoms with Crippen molar-refractivity contribution in [3.63, 3.8) is 0 Å². The van der Waals surface area contributed by atoms with Crippen LogP contribution in [0.5, 0.6) is 0 Å². The molecule has 1 unspecified atom stereocenters. The van der Waals surface area contributed by atoms with E-state index in [1.54, 1.807) is 4.68 Å². The summed E-state index contributed by atoms with van der Waals surface area (Å²) in [4.78, 5) is 12.3. The molecule has 1 aromatic heterocycles. The number of nitrogens with zero attached hydrogens (tertiary/aromatic N) is 2. The molecule has 1 aliphatic heterocycles.